The van der Waals surface area contributed by atoms with E-state index in [1.807, 2.05) is 42.5 Å². The summed E-state index contributed by atoms with van der Waals surface area (Å²) in [5.41, 5.74) is 2.31. The van der Waals surface area contributed by atoms with Crippen LogP contribution < -0.4 is 14.8 Å². The molecule has 2 amide bonds. The van der Waals surface area contributed by atoms with Crippen molar-refractivity contribution in [2.75, 3.05) is 6.79 Å². The van der Waals surface area contributed by atoms with Gasteiger partial charge in [-0.05, 0) is 42.2 Å². The van der Waals surface area contributed by atoms with Gasteiger partial charge in [-0.2, -0.15) is 0 Å². The lowest BCUT2D eigenvalue weighted by atomic mass is 9.96. The highest BCUT2D eigenvalue weighted by atomic mass is 16.7. The number of fused-ring (bicyclic) bond motifs is 2. The van der Waals surface area contributed by atoms with E-state index < -0.39 is 6.04 Å². The summed E-state index contributed by atoms with van der Waals surface area (Å²) >= 11 is 0. The number of carbonyl (C=O) groups excluding carboxylic acids is 2. The number of hydrogen-bond acceptors (Lipinski definition) is 4. The molecule has 6 nitrogen and oxygen atoms in total. The van der Waals surface area contributed by atoms with Crippen LogP contribution in [0.2, 0.25) is 0 Å². The van der Waals surface area contributed by atoms with Crippen molar-refractivity contribution in [3.05, 3.63) is 59.2 Å². The van der Waals surface area contributed by atoms with Crippen molar-refractivity contribution >= 4 is 11.8 Å². The van der Waals surface area contributed by atoms with E-state index in [4.69, 9.17) is 9.47 Å². The van der Waals surface area contributed by atoms with Crippen LogP contribution in [-0.4, -0.2) is 29.5 Å². The van der Waals surface area contributed by atoms with Crippen LogP contribution in [-0.2, 0) is 11.3 Å². The molecule has 1 saturated carbocycles. The smallest absolute Gasteiger partial charge is 0.255 e. The molecule has 0 aromatic heterocycles. The van der Waals surface area contributed by atoms with Gasteiger partial charge in [0.15, 0.2) is 11.5 Å². The summed E-state index contributed by atoms with van der Waals surface area (Å²) in [7, 11) is 0. The Morgan fingerprint density at radius 2 is 1.71 bits per heavy atom. The van der Waals surface area contributed by atoms with E-state index in [9.17, 15) is 9.59 Å². The monoisotopic (exact) mass is 420 g/mol. The molecule has 0 saturated heterocycles. The normalized spacial score (nSPS) is 20.8. The van der Waals surface area contributed by atoms with Gasteiger partial charge in [0.2, 0.25) is 12.7 Å². The molecule has 6 heteroatoms. The molecule has 1 N–H and O–H groups in total. The fourth-order valence-electron chi connectivity index (χ4n) is 4.93. The number of amides is 2. The molecular weight excluding hydrogens is 392 g/mol. The van der Waals surface area contributed by atoms with Crippen LogP contribution in [0.15, 0.2) is 42.5 Å². The fourth-order valence-corrected chi connectivity index (χ4v) is 4.93. The minimum atomic E-state index is -0.612. The van der Waals surface area contributed by atoms with E-state index in [1.54, 1.807) is 4.90 Å². The van der Waals surface area contributed by atoms with Gasteiger partial charge in [0.1, 0.15) is 6.04 Å². The first kappa shape index (κ1) is 19.9. The maximum Gasteiger partial charge on any atom is 0.255 e. The van der Waals surface area contributed by atoms with Gasteiger partial charge in [-0.25, -0.2) is 0 Å². The Bertz CT molecular complexity index is 981. The first-order valence-corrected chi connectivity index (χ1v) is 11.3. The molecule has 5 rings (SSSR count). The highest BCUT2D eigenvalue weighted by Gasteiger charge is 2.41. The number of carbonyl (C=O) groups is 2. The van der Waals surface area contributed by atoms with Crippen molar-refractivity contribution in [2.24, 2.45) is 0 Å². The molecule has 2 aromatic carbocycles. The lowest BCUT2D eigenvalue weighted by Crippen LogP contribution is -2.43. The van der Waals surface area contributed by atoms with E-state index in [2.05, 4.69) is 5.32 Å². The summed E-state index contributed by atoms with van der Waals surface area (Å²) < 4.78 is 10.9. The predicted octanol–water partition coefficient (Wildman–Crippen LogP) is 4.34. The fraction of sp³-hybridized carbons (Fsp3) is 0.440. The molecule has 2 heterocycles. The summed E-state index contributed by atoms with van der Waals surface area (Å²) in [4.78, 5) is 28.4. The highest BCUT2D eigenvalue weighted by Crippen LogP contribution is 2.37. The quantitative estimate of drug-likeness (QED) is 0.799. The molecule has 2 aliphatic heterocycles. The van der Waals surface area contributed by atoms with Gasteiger partial charge in [0, 0.05) is 18.2 Å². The Labute approximate surface area is 182 Å². The summed E-state index contributed by atoms with van der Waals surface area (Å²) in [6, 6.07) is 12.7. The van der Waals surface area contributed by atoms with Gasteiger partial charge in [0.05, 0.1) is 0 Å². The first-order chi connectivity index (χ1) is 15.2. The van der Waals surface area contributed by atoms with Crippen LogP contribution >= 0.6 is 0 Å². The maximum absolute atomic E-state index is 13.5. The summed E-state index contributed by atoms with van der Waals surface area (Å²) in [6.45, 7) is 0.548. The van der Waals surface area contributed by atoms with Crippen LogP contribution in [0.1, 0.15) is 72.5 Å². The Balaban J connectivity index is 1.39. The third-order valence-corrected chi connectivity index (χ3v) is 6.55. The largest absolute Gasteiger partial charge is 0.454 e. The van der Waals surface area contributed by atoms with Crippen LogP contribution in [0.4, 0.5) is 0 Å². The first-order valence-electron chi connectivity index (χ1n) is 11.3. The van der Waals surface area contributed by atoms with Crippen LogP contribution in [0, 0.1) is 0 Å². The third-order valence-electron chi connectivity index (χ3n) is 6.55. The molecule has 0 radical (unpaired) electrons. The molecule has 31 heavy (non-hydrogen) atoms. The van der Waals surface area contributed by atoms with E-state index in [0.717, 1.165) is 36.8 Å². The Kier molecular flexibility index (Phi) is 5.53. The SMILES string of the molecule is O=C(NC1CCCCCCC1)[C@@H]1c2ccccc2C(=O)N1Cc1ccc2c(c1)OCO2. The average molecular weight is 421 g/mol. The molecule has 162 valence electrons. The zero-order valence-corrected chi connectivity index (χ0v) is 17.6. The molecule has 1 aliphatic carbocycles. The Hall–Kier alpha value is -3.02. The van der Waals surface area contributed by atoms with Crippen molar-refractivity contribution in [3.8, 4) is 11.5 Å². The zero-order chi connectivity index (χ0) is 21.2. The van der Waals surface area contributed by atoms with Crippen LogP contribution in [0.25, 0.3) is 0 Å². The van der Waals surface area contributed by atoms with Gasteiger partial charge < -0.3 is 19.7 Å². The molecule has 1 atom stereocenters. The number of nitrogens with zero attached hydrogens (tertiary/aromatic N) is 1. The Morgan fingerprint density at radius 1 is 0.968 bits per heavy atom. The Morgan fingerprint density at radius 3 is 2.55 bits per heavy atom. The maximum atomic E-state index is 13.5. The van der Waals surface area contributed by atoms with Crippen molar-refractivity contribution in [1.82, 2.24) is 10.2 Å². The standard InChI is InChI=1S/C25H28N2O4/c28-24(26-18-8-4-2-1-3-5-9-18)23-19-10-6-7-11-20(19)25(29)27(23)15-17-12-13-21-22(14-17)31-16-30-21/h6-7,10-14,18,23H,1-5,8-9,15-16H2,(H,26,28)/t23-/m0/s1. The lowest BCUT2D eigenvalue weighted by Gasteiger charge is -2.28. The van der Waals surface area contributed by atoms with Gasteiger partial charge in [-0.15, -0.1) is 0 Å². The second-order valence-electron chi connectivity index (χ2n) is 8.66. The number of rotatable bonds is 4. The summed E-state index contributed by atoms with van der Waals surface area (Å²) in [6.07, 6.45) is 8.06. The number of nitrogens with one attached hydrogen (secondary N) is 1. The second-order valence-corrected chi connectivity index (χ2v) is 8.66. The predicted molar refractivity (Wildman–Crippen MR) is 116 cm³/mol. The van der Waals surface area contributed by atoms with E-state index >= 15 is 0 Å². The topological polar surface area (TPSA) is 67.9 Å². The third kappa shape index (κ3) is 3.99. The molecule has 2 aromatic rings. The van der Waals surface area contributed by atoms with Crippen LogP contribution in [0.5, 0.6) is 11.5 Å². The number of hydrogen-bond donors (Lipinski definition) is 1. The molecule has 3 aliphatic rings. The number of benzene rings is 2. The summed E-state index contributed by atoms with van der Waals surface area (Å²) in [5.74, 6) is 1.20. The second kappa shape index (κ2) is 8.61. The van der Waals surface area contributed by atoms with Crippen molar-refractivity contribution < 1.29 is 19.1 Å². The zero-order valence-electron chi connectivity index (χ0n) is 17.6. The van der Waals surface area contributed by atoms with Crippen LogP contribution in [0.3, 0.4) is 0 Å². The minimum absolute atomic E-state index is 0.0791. The highest BCUT2D eigenvalue weighted by molar-refractivity contribution is 6.04. The average Bonchev–Trinajstić information content (AvgIpc) is 3.33. The lowest BCUT2D eigenvalue weighted by molar-refractivity contribution is -0.126. The molecule has 0 spiro atoms. The molecular formula is C25H28N2O4. The van der Waals surface area contributed by atoms with E-state index in [-0.39, 0.29) is 24.6 Å². The molecule has 0 unspecified atom stereocenters. The van der Waals surface area contributed by atoms with Gasteiger partial charge in [-0.3, -0.25) is 9.59 Å². The van der Waals surface area contributed by atoms with Crippen molar-refractivity contribution in [3.63, 3.8) is 0 Å². The number of ether oxygens (including phenoxy) is 2. The molecule has 1 fully saturated rings. The molecule has 0 bridgehead atoms. The summed E-state index contributed by atoms with van der Waals surface area (Å²) in [5, 5.41) is 3.27. The van der Waals surface area contributed by atoms with Crippen molar-refractivity contribution in [2.45, 2.75) is 63.6 Å². The van der Waals surface area contributed by atoms with Gasteiger partial charge in [0.25, 0.3) is 5.91 Å². The van der Waals surface area contributed by atoms with E-state index in [1.165, 1.54) is 19.3 Å². The van der Waals surface area contributed by atoms with E-state index in [0.29, 0.717) is 23.6 Å². The minimum Gasteiger partial charge on any atom is -0.454 e. The van der Waals surface area contributed by atoms with Crippen molar-refractivity contribution in [1.29, 1.82) is 0 Å². The van der Waals surface area contributed by atoms with Gasteiger partial charge in [-0.1, -0.05) is 56.4 Å². The van der Waals surface area contributed by atoms with Gasteiger partial charge >= 0.3 is 0 Å².